The highest BCUT2D eigenvalue weighted by Crippen LogP contribution is 2.26. The molecular weight excluding hydrogens is 328 g/mol. The van der Waals surface area contributed by atoms with Crippen LogP contribution in [0.1, 0.15) is 29.6 Å². The summed E-state index contributed by atoms with van der Waals surface area (Å²) in [6.07, 6.45) is 3.09. The van der Waals surface area contributed by atoms with E-state index in [0.717, 1.165) is 38.0 Å². The predicted octanol–water partition coefficient (Wildman–Crippen LogP) is 4.17. The van der Waals surface area contributed by atoms with E-state index in [2.05, 4.69) is 5.32 Å². The summed E-state index contributed by atoms with van der Waals surface area (Å²) in [4.78, 5) is 12.2. The second kappa shape index (κ2) is 8.07. The Hall–Kier alpha value is -2.47. The van der Waals surface area contributed by atoms with Crippen molar-refractivity contribution in [1.29, 1.82) is 0 Å². The molecule has 2 aromatic carbocycles. The van der Waals surface area contributed by atoms with E-state index in [1.54, 1.807) is 24.3 Å². The van der Waals surface area contributed by atoms with Crippen LogP contribution in [0.5, 0.6) is 5.75 Å². The van der Waals surface area contributed by atoms with Gasteiger partial charge in [-0.25, -0.2) is 8.78 Å². The van der Waals surface area contributed by atoms with E-state index >= 15 is 0 Å². The first kappa shape index (κ1) is 17.4. The van der Waals surface area contributed by atoms with Crippen LogP contribution in [0.15, 0.2) is 42.5 Å². The topological polar surface area (TPSA) is 47.6 Å². The van der Waals surface area contributed by atoms with Crippen LogP contribution < -0.4 is 10.1 Å². The number of halogens is 2. The van der Waals surface area contributed by atoms with Gasteiger partial charge in [-0.05, 0) is 43.5 Å². The van der Waals surface area contributed by atoms with Crippen molar-refractivity contribution >= 4 is 11.6 Å². The monoisotopic (exact) mass is 347 g/mol. The maximum absolute atomic E-state index is 13.7. The quantitative estimate of drug-likeness (QED) is 0.883. The molecule has 132 valence electrons. The Balaban J connectivity index is 1.71. The Morgan fingerprint density at radius 1 is 1.12 bits per heavy atom. The lowest BCUT2D eigenvalue weighted by atomic mass is 10.1. The fraction of sp³-hybridized carbons (Fsp3) is 0.316. The van der Waals surface area contributed by atoms with Gasteiger partial charge >= 0.3 is 0 Å². The molecule has 6 heteroatoms. The molecule has 1 saturated heterocycles. The minimum atomic E-state index is -0.911. The molecule has 1 atom stereocenters. The van der Waals surface area contributed by atoms with Crippen molar-refractivity contribution in [2.45, 2.75) is 25.4 Å². The first-order chi connectivity index (χ1) is 12.1. The molecule has 0 bridgehead atoms. The molecule has 0 saturated carbocycles. The maximum atomic E-state index is 13.7. The summed E-state index contributed by atoms with van der Waals surface area (Å²) in [6.45, 7) is 1.08. The number of carbonyl (C=O) groups excluding carboxylic acids is 1. The van der Waals surface area contributed by atoms with Gasteiger partial charge in [-0.15, -0.1) is 0 Å². The highest BCUT2D eigenvalue weighted by atomic mass is 19.1. The van der Waals surface area contributed by atoms with Crippen molar-refractivity contribution in [2.75, 3.05) is 18.5 Å². The number of benzene rings is 2. The zero-order valence-electron chi connectivity index (χ0n) is 13.6. The minimum Gasteiger partial charge on any atom is -0.489 e. The van der Waals surface area contributed by atoms with Crippen molar-refractivity contribution < 1.29 is 23.0 Å². The number of amides is 1. The third-order valence-corrected chi connectivity index (χ3v) is 4.02. The molecule has 1 aliphatic heterocycles. The number of rotatable bonds is 5. The zero-order chi connectivity index (χ0) is 17.6. The summed E-state index contributed by atoms with van der Waals surface area (Å²) < 4.78 is 38.8. The number of anilines is 1. The fourth-order valence-corrected chi connectivity index (χ4v) is 2.72. The minimum absolute atomic E-state index is 0.0153. The Morgan fingerprint density at radius 3 is 2.60 bits per heavy atom. The van der Waals surface area contributed by atoms with Gasteiger partial charge in [0.1, 0.15) is 29.6 Å². The molecule has 1 fully saturated rings. The molecule has 4 nitrogen and oxygen atoms in total. The highest BCUT2D eigenvalue weighted by Gasteiger charge is 2.19. The zero-order valence-corrected chi connectivity index (χ0v) is 13.6. The van der Waals surface area contributed by atoms with Gasteiger partial charge in [0, 0.05) is 6.61 Å². The molecule has 0 spiro atoms. The standard InChI is InChI=1S/C19H19F2NO3/c20-14-7-5-8-15(21)18(14)19(23)22-16-9-1-2-10-17(16)25-12-13-6-3-4-11-24-13/h1-2,5,7-10,13H,3-4,6,11-12H2,(H,22,23). The van der Waals surface area contributed by atoms with Crippen LogP contribution in [-0.2, 0) is 4.74 Å². The van der Waals surface area contributed by atoms with Crippen molar-refractivity contribution in [2.24, 2.45) is 0 Å². The van der Waals surface area contributed by atoms with E-state index in [1.807, 2.05) is 0 Å². The van der Waals surface area contributed by atoms with Crippen LogP contribution in [0.2, 0.25) is 0 Å². The Morgan fingerprint density at radius 2 is 1.88 bits per heavy atom. The largest absolute Gasteiger partial charge is 0.489 e. The van der Waals surface area contributed by atoms with Crippen molar-refractivity contribution in [3.63, 3.8) is 0 Å². The summed E-state index contributed by atoms with van der Waals surface area (Å²) in [7, 11) is 0. The maximum Gasteiger partial charge on any atom is 0.261 e. The van der Waals surface area contributed by atoms with Crippen LogP contribution in [0.25, 0.3) is 0 Å². The van der Waals surface area contributed by atoms with Crippen LogP contribution in [-0.4, -0.2) is 25.2 Å². The molecule has 1 N–H and O–H groups in total. The van der Waals surface area contributed by atoms with Gasteiger partial charge in [0.05, 0.1) is 11.8 Å². The Labute approximate surface area is 144 Å². The van der Waals surface area contributed by atoms with Crippen LogP contribution in [0.3, 0.4) is 0 Å². The van der Waals surface area contributed by atoms with Gasteiger partial charge in [0.15, 0.2) is 0 Å². The Kier molecular flexibility index (Phi) is 5.60. The predicted molar refractivity (Wildman–Crippen MR) is 89.8 cm³/mol. The second-order valence-electron chi connectivity index (χ2n) is 5.85. The molecule has 0 radical (unpaired) electrons. The molecular formula is C19H19F2NO3. The molecule has 0 aliphatic carbocycles. The summed E-state index contributed by atoms with van der Waals surface area (Å²) in [5, 5.41) is 2.51. The molecule has 3 rings (SSSR count). The van der Waals surface area contributed by atoms with E-state index in [9.17, 15) is 13.6 Å². The van der Waals surface area contributed by atoms with Crippen molar-refractivity contribution in [3.8, 4) is 5.75 Å². The van der Waals surface area contributed by atoms with Gasteiger partial charge in [-0.3, -0.25) is 4.79 Å². The van der Waals surface area contributed by atoms with E-state index in [4.69, 9.17) is 9.47 Å². The fourth-order valence-electron chi connectivity index (χ4n) is 2.72. The lowest BCUT2D eigenvalue weighted by Gasteiger charge is -2.23. The summed E-state index contributed by atoms with van der Waals surface area (Å²) in [5.41, 5.74) is -0.265. The smallest absolute Gasteiger partial charge is 0.261 e. The number of carbonyl (C=O) groups is 1. The molecule has 1 amide bonds. The molecule has 1 aliphatic rings. The molecule has 0 aromatic heterocycles. The van der Waals surface area contributed by atoms with Crippen LogP contribution >= 0.6 is 0 Å². The number of hydrogen-bond donors (Lipinski definition) is 1. The number of ether oxygens (including phenoxy) is 2. The first-order valence-electron chi connectivity index (χ1n) is 8.24. The lowest BCUT2D eigenvalue weighted by Crippen LogP contribution is -2.26. The third-order valence-electron chi connectivity index (χ3n) is 4.02. The number of nitrogens with one attached hydrogen (secondary N) is 1. The number of hydrogen-bond acceptors (Lipinski definition) is 3. The van der Waals surface area contributed by atoms with Gasteiger partial charge in [0.25, 0.3) is 5.91 Å². The average Bonchev–Trinajstić information content (AvgIpc) is 2.62. The highest BCUT2D eigenvalue weighted by molar-refractivity contribution is 6.05. The van der Waals surface area contributed by atoms with Gasteiger partial charge < -0.3 is 14.8 Å². The molecule has 1 heterocycles. The van der Waals surface area contributed by atoms with E-state index in [-0.39, 0.29) is 6.10 Å². The summed E-state index contributed by atoms with van der Waals surface area (Å²) in [6, 6.07) is 10.1. The SMILES string of the molecule is O=C(Nc1ccccc1OCC1CCCCO1)c1c(F)cccc1F. The lowest BCUT2D eigenvalue weighted by molar-refractivity contribution is -0.0109. The van der Waals surface area contributed by atoms with Crippen LogP contribution in [0.4, 0.5) is 14.5 Å². The number of para-hydroxylation sites is 2. The van der Waals surface area contributed by atoms with E-state index in [1.165, 1.54) is 6.07 Å². The van der Waals surface area contributed by atoms with Gasteiger partial charge in [0.2, 0.25) is 0 Å². The molecule has 1 unspecified atom stereocenters. The normalized spacial score (nSPS) is 17.1. The molecule has 25 heavy (non-hydrogen) atoms. The second-order valence-corrected chi connectivity index (χ2v) is 5.85. The summed E-state index contributed by atoms with van der Waals surface area (Å²) >= 11 is 0. The Bertz CT molecular complexity index is 725. The molecule has 2 aromatic rings. The van der Waals surface area contributed by atoms with Gasteiger partial charge in [-0.2, -0.15) is 0 Å². The first-order valence-corrected chi connectivity index (χ1v) is 8.24. The van der Waals surface area contributed by atoms with E-state index in [0.29, 0.717) is 18.0 Å². The third kappa shape index (κ3) is 4.33. The average molecular weight is 347 g/mol. The van der Waals surface area contributed by atoms with Crippen LogP contribution in [0, 0.1) is 11.6 Å². The van der Waals surface area contributed by atoms with Crippen molar-refractivity contribution in [3.05, 3.63) is 59.7 Å². The van der Waals surface area contributed by atoms with E-state index < -0.39 is 23.1 Å². The van der Waals surface area contributed by atoms with Gasteiger partial charge in [-0.1, -0.05) is 18.2 Å². The summed E-state index contributed by atoms with van der Waals surface area (Å²) in [5.74, 6) is -2.25. The van der Waals surface area contributed by atoms with Crippen molar-refractivity contribution in [1.82, 2.24) is 0 Å².